The van der Waals surface area contributed by atoms with Gasteiger partial charge in [0.15, 0.2) is 0 Å². The number of hydrogen-bond acceptors (Lipinski definition) is 6. The number of nitrogens with zero attached hydrogens (tertiary/aromatic N) is 2. The highest BCUT2D eigenvalue weighted by Gasteiger charge is 2.32. The van der Waals surface area contributed by atoms with E-state index < -0.39 is 12.1 Å². The minimum atomic E-state index is -1.02. The third-order valence-corrected chi connectivity index (χ3v) is 5.41. The smallest absolute Gasteiger partial charge is 0.407 e. The van der Waals surface area contributed by atoms with Crippen molar-refractivity contribution in [3.8, 4) is 0 Å². The van der Waals surface area contributed by atoms with E-state index in [1.54, 1.807) is 19.2 Å². The molecule has 1 aliphatic rings. The Balaban J connectivity index is 1.39. The first kappa shape index (κ1) is 20.7. The number of carboxylic acid groups (broad SMARTS) is 1. The molecule has 2 unspecified atom stereocenters. The lowest BCUT2D eigenvalue weighted by atomic mass is 10.0. The van der Waals surface area contributed by atoms with E-state index in [-0.39, 0.29) is 24.3 Å². The van der Waals surface area contributed by atoms with Crippen LogP contribution in [0.3, 0.4) is 0 Å². The van der Waals surface area contributed by atoms with Crippen LogP contribution in [0, 0.1) is 0 Å². The van der Waals surface area contributed by atoms with E-state index in [1.807, 2.05) is 35.2 Å². The molecule has 0 aliphatic carbocycles. The first-order valence-electron chi connectivity index (χ1n) is 10.0. The molecule has 0 saturated carbocycles. The van der Waals surface area contributed by atoms with E-state index in [0.29, 0.717) is 36.5 Å². The van der Waals surface area contributed by atoms with E-state index in [2.05, 4.69) is 15.3 Å². The number of nitrogens with one attached hydrogen (secondary N) is 2. The predicted molar refractivity (Wildman–Crippen MR) is 114 cm³/mol. The second-order valence-electron chi connectivity index (χ2n) is 7.39. The summed E-state index contributed by atoms with van der Waals surface area (Å²) in [6.07, 6.45) is -0.133. The van der Waals surface area contributed by atoms with Crippen LogP contribution < -0.4 is 10.2 Å². The second-order valence-corrected chi connectivity index (χ2v) is 7.39. The molecular weight excluding hydrogens is 400 g/mol. The van der Waals surface area contributed by atoms with Gasteiger partial charge in [-0.05, 0) is 24.1 Å². The number of rotatable bonds is 6. The summed E-state index contributed by atoms with van der Waals surface area (Å²) in [5.74, 6) is -0.439. The van der Waals surface area contributed by atoms with E-state index in [9.17, 15) is 14.7 Å². The molecule has 1 saturated heterocycles. The van der Waals surface area contributed by atoms with Gasteiger partial charge in [-0.15, -0.1) is 0 Å². The maximum Gasteiger partial charge on any atom is 0.407 e. The van der Waals surface area contributed by atoms with Gasteiger partial charge in [0.1, 0.15) is 12.1 Å². The van der Waals surface area contributed by atoms with Crippen molar-refractivity contribution in [3.63, 3.8) is 0 Å². The highest BCUT2D eigenvalue weighted by molar-refractivity contribution is 6.01. The number of aromatic carboxylic acids is 1. The molecule has 3 N–H and O–H groups in total. The van der Waals surface area contributed by atoms with Crippen LogP contribution in [0.2, 0.25) is 0 Å². The third-order valence-electron chi connectivity index (χ3n) is 5.41. The Morgan fingerprint density at radius 2 is 2.03 bits per heavy atom. The van der Waals surface area contributed by atoms with Crippen molar-refractivity contribution in [2.24, 2.45) is 0 Å². The Morgan fingerprint density at radius 1 is 1.23 bits per heavy atom. The molecule has 0 bridgehead atoms. The van der Waals surface area contributed by atoms with Crippen molar-refractivity contribution in [2.45, 2.75) is 25.2 Å². The van der Waals surface area contributed by atoms with Crippen molar-refractivity contribution in [1.82, 2.24) is 15.3 Å². The van der Waals surface area contributed by atoms with Gasteiger partial charge in [0.25, 0.3) is 0 Å². The monoisotopic (exact) mass is 424 g/mol. The second kappa shape index (κ2) is 9.05. The summed E-state index contributed by atoms with van der Waals surface area (Å²) in [5.41, 5.74) is 2.15. The molecular formula is C22H24N4O5. The fourth-order valence-electron chi connectivity index (χ4n) is 3.77. The molecule has 2 aromatic carbocycles. The number of aromatic amines is 1. The number of ether oxygens (including phenoxy) is 2. The zero-order valence-corrected chi connectivity index (χ0v) is 17.1. The summed E-state index contributed by atoms with van der Waals surface area (Å²) in [6, 6.07) is 14.3. The molecule has 3 aromatic rings. The van der Waals surface area contributed by atoms with Crippen LogP contribution in [0.15, 0.2) is 48.5 Å². The lowest BCUT2D eigenvalue weighted by Crippen LogP contribution is -2.55. The van der Waals surface area contributed by atoms with Crippen molar-refractivity contribution >= 4 is 29.0 Å². The van der Waals surface area contributed by atoms with Crippen molar-refractivity contribution in [1.29, 1.82) is 0 Å². The topological polar surface area (TPSA) is 117 Å². The molecule has 2 heterocycles. The summed E-state index contributed by atoms with van der Waals surface area (Å²) in [4.78, 5) is 33.4. The first-order valence-corrected chi connectivity index (χ1v) is 10.0. The number of amides is 1. The van der Waals surface area contributed by atoms with E-state index in [0.717, 1.165) is 5.56 Å². The number of aromatic nitrogens is 2. The summed E-state index contributed by atoms with van der Waals surface area (Å²) >= 11 is 0. The van der Waals surface area contributed by atoms with Crippen molar-refractivity contribution in [3.05, 3.63) is 59.7 Å². The van der Waals surface area contributed by atoms with Gasteiger partial charge in [0.05, 0.1) is 23.2 Å². The molecule has 0 spiro atoms. The van der Waals surface area contributed by atoms with E-state index in [1.165, 1.54) is 6.07 Å². The van der Waals surface area contributed by atoms with Crippen LogP contribution in [0.4, 0.5) is 10.7 Å². The number of carbonyl (C=O) groups excluding carboxylic acids is 1. The summed E-state index contributed by atoms with van der Waals surface area (Å²) in [5, 5.41) is 12.3. The van der Waals surface area contributed by atoms with Crippen LogP contribution in [-0.4, -0.2) is 59.5 Å². The minimum absolute atomic E-state index is 0.154. The quantitative estimate of drug-likeness (QED) is 0.557. The Hall–Kier alpha value is -3.59. The SMILES string of the molecule is COC1CN(c2nc3c(C(=O)O)cccc3[nH]2)CCC1NC(=O)OCc1ccccc1. The van der Waals surface area contributed by atoms with Crippen LogP contribution in [0.1, 0.15) is 22.3 Å². The lowest BCUT2D eigenvalue weighted by Gasteiger charge is -2.37. The first-order chi connectivity index (χ1) is 15.0. The number of para-hydroxylation sites is 1. The van der Waals surface area contributed by atoms with Crippen LogP contribution >= 0.6 is 0 Å². The normalized spacial score (nSPS) is 18.7. The average Bonchev–Trinajstić information content (AvgIpc) is 3.23. The zero-order valence-electron chi connectivity index (χ0n) is 17.1. The summed E-state index contributed by atoms with van der Waals surface area (Å²) < 4.78 is 10.9. The number of alkyl carbamates (subject to hydrolysis) is 1. The Kier molecular flexibility index (Phi) is 6.03. The molecule has 1 aliphatic heterocycles. The number of benzene rings is 2. The van der Waals surface area contributed by atoms with Gasteiger partial charge in [0.2, 0.25) is 5.95 Å². The minimum Gasteiger partial charge on any atom is -0.478 e. The number of methoxy groups -OCH3 is 1. The molecule has 31 heavy (non-hydrogen) atoms. The highest BCUT2D eigenvalue weighted by Crippen LogP contribution is 2.24. The zero-order chi connectivity index (χ0) is 21.8. The van der Waals surface area contributed by atoms with E-state index in [4.69, 9.17) is 9.47 Å². The maximum atomic E-state index is 12.2. The molecule has 0 radical (unpaired) electrons. The number of hydrogen-bond donors (Lipinski definition) is 3. The van der Waals surface area contributed by atoms with Gasteiger partial charge in [-0.2, -0.15) is 0 Å². The highest BCUT2D eigenvalue weighted by atomic mass is 16.5. The third kappa shape index (κ3) is 4.61. The molecule has 9 nitrogen and oxygen atoms in total. The van der Waals surface area contributed by atoms with Crippen molar-refractivity contribution < 1.29 is 24.2 Å². The lowest BCUT2D eigenvalue weighted by molar-refractivity contribution is 0.0543. The number of piperidine rings is 1. The standard InChI is InChI=1S/C22H24N4O5/c1-30-18-12-26(21-23-17-9-5-8-15(20(27)28)19(17)25-21)11-10-16(18)24-22(29)31-13-14-6-3-2-4-7-14/h2-9,16,18H,10-13H2,1H3,(H,23,25)(H,24,29)(H,27,28). The van der Waals surface area contributed by atoms with E-state index >= 15 is 0 Å². The van der Waals surface area contributed by atoms with Crippen molar-refractivity contribution in [2.75, 3.05) is 25.1 Å². The Bertz CT molecular complexity index is 1070. The Labute approximate surface area is 179 Å². The molecule has 2 atom stereocenters. The molecule has 162 valence electrons. The van der Waals surface area contributed by atoms with Gasteiger partial charge in [-0.25, -0.2) is 14.6 Å². The molecule has 1 fully saturated rings. The fraction of sp³-hybridized carbons (Fsp3) is 0.318. The summed E-state index contributed by atoms with van der Waals surface area (Å²) in [7, 11) is 1.60. The van der Waals surface area contributed by atoms with Gasteiger partial charge >= 0.3 is 12.1 Å². The largest absolute Gasteiger partial charge is 0.478 e. The van der Waals surface area contributed by atoms with Gasteiger partial charge in [-0.1, -0.05) is 36.4 Å². The molecule has 1 aromatic heterocycles. The summed E-state index contributed by atoms with van der Waals surface area (Å²) in [6.45, 7) is 1.31. The van der Waals surface area contributed by atoms with Crippen LogP contribution in [-0.2, 0) is 16.1 Å². The number of fused-ring (bicyclic) bond motifs is 1. The van der Waals surface area contributed by atoms with Gasteiger partial charge in [0, 0.05) is 20.2 Å². The molecule has 4 rings (SSSR count). The maximum absolute atomic E-state index is 12.2. The van der Waals surface area contributed by atoms with Gasteiger partial charge in [-0.3, -0.25) is 0 Å². The van der Waals surface area contributed by atoms with Crippen LogP contribution in [0.25, 0.3) is 11.0 Å². The molecule has 1 amide bonds. The number of carbonyl (C=O) groups is 2. The average molecular weight is 424 g/mol. The predicted octanol–water partition coefficient (Wildman–Crippen LogP) is 2.78. The number of H-pyrrole nitrogens is 1. The number of carboxylic acids is 1. The number of imidazole rings is 1. The fourth-order valence-corrected chi connectivity index (χ4v) is 3.77. The van der Waals surface area contributed by atoms with Gasteiger partial charge < -0.3 is 29.8 Å². The molecule has 9 heteroatoms. The Morgan fingerprint density at radius 3 is 2.77 bits per heavy atom. The van der Waals surface area contributed by atoms with Crippen LogP contribution in [0.5, 0.6) is 0 Å². The number of anilines is 1.